The van der Waals surface area contributed by atoms with Gasteiger partial charge >= 0.3 is 0 Å². The van der Waals surface area contributed by atoms with E-state index in [1.807, 2.05) is 83.8 Å². The molecule has 10 nitrogen and oxygen atoms in total. The standard InChI is InChI=1S/C31H29FN4O6/c1-39-22-12-8-20(9-13-22)31(19-6-4-3-5-7-19,21-10-14-23(40-2)15-11-21)41-17-25-24(37)16-26(42-25)36-18-33-27-28(36)34-30(32)35-29(27)38/h3-15,18,24-26,37H,16-17H2,1-2H3,(H,34,35,38)/t24-,25+,26+/m0/s1. The Kier molecular flexibility index (Phi) is 7.46. The number of H-pyrrole nitrogens is 1. The quantitative estimate of drug-likeness (QED) is 0.201. The molecule has 0 aliphatic carbocycles. The third-order valence-corrected chi connectivity index (χ3v) is 7.56. The van der Waals surface area contributed by atoms with Gasteiger partial charge < -0.3 is 24.1 Å². The normalized spacial score (nSPS) is 18.8. The first-order valence-electron chi connectivity index (χ1n) is 13.4. The van der Waals surface area contributed by atoms with Crippen LogP contribution in [0.5, 0.6) is 11.5 Å². The molecular weight excluding hydrogens is 543 g/mol. The lowest BCUT2D eigenvalue weighted by Gasteiger charge is -2.37. The predicted octanol–water partition coefficient (Wildman–Crippen LogP) is 3.93. The fraction of sp³-hybridized carbons (Fsp3) is 0.258. The van der Waals surface area contributed by atoms with Crippen molar-refractivity contribution in [1.82, 2.24) is 19.5 Å². The molecule has 0 bridgehead atoms. The number of rotatable bonds is 9. The number of aromatic amines is 1. The average Bonchev–Trinajstić information content (AvgIpc) is 3.61. The number of nitrogens with one attached hydrogen (secondary N) is 1. The summed E-state index contributed by atoms with van der Waals surface area (Å²) < 4.78 is 39.2. The number of imidazole rings is 1. The first-order chi connectivity index (χ1) is 20.4. The molecule has 3 heterocycles. The number of hydrogen-bond acceptors (Lipinski definition) is 8. The lowest BCUT2D eigenvalue weighted by atomic mass is 9.80. The Morgan fingerprint density at radius 1 is 0.976 bits per heavy atom. The van der Waals surface area contributed by atoms with E-state index < -0.39 is 35.7 Å². The van der Waals surface area contributed by atoms with Crippen LogP contribution in [0, 0.1) is 6.08 Å². The highest BCUT2D eigenvalue weighted by Crippen LogP contribution is 2.43. The monoisotopic (exact) mass is 572 g/mol. The van der Waals surface area contributed by atoms with Gasteiger partial charge in [-0.05, 0) is 41.0 Å². The molecular formula is C31H29FN4O6. The minimum absolute atomic E-state index is 0.000375. The summed E-state index contributed by atoms with van der Waals surface area (Å²) in [6.07, 6.45) is -1.91. The van der Waals surface area contributed by atoms with Crippen LogP contribution in [0.2, 0.25) is 0 Å². The van der Waals surface area contributed by atoms with E-state index in [4.69, 9.17) is 18.9 Å². The molecule has 6 rings (SSSR count). The van der Waals surface area contributed by atoms with Gasteiger partial charge in [0.25, 0.3) is 11.6 Å². The highest BCUT2D eigenvalue weighted by atomic mass is 19.1. The lowest BCUT2D eigenvalue weighted by Crippen LogP contribution is -2.38. The van der Waals surface area contributed by atoms with Crippen LogP contribution in [0.3, 0.4) is 0 Å². The molecule has 42 heavy (non-hydrogen) atoms. The highest BCUT2D eigenvalue weighted by molar-refractivity contribution is 5.69. The summed E-state index contributed by atoms with van der Waals surface area (Å²) in [5.74, 6) is 1.40. The van der Waals surface area contributed by atoms with E-state index in [9.17, 15) is 14.3 Å². The van der Waals surface area contributed by atoms with Crippen LogP contribution in [0.25, 0.3) is 11.2 Å². The van der Waals surface area contributed by atoms with Gasteiger partial charge in [-0.15, -0.1) is 0 Å². The van der Waals surface area contributed by atoms with Gasteiger partial charge in [0.1, 0.15) is 29.4 Å². The van der Waals surface area contributed by atoms with Gasteiger partial charge in [0.15, 0.2) is 11.2 Å². The molecule has 3 aromatic carbocycles. The van der Waals surface area contributed by atoms with Gasteiger partial charge in [-0.25, -0.2) is 4.98 Å². The number of aromatic nitrogens is 4. The average molecular weight is 573 g/mol. The molecule has 0 unspecified atom stereocenters. The summed E-state index contributed by atoms with van der Waals surface area (Å²) >= 11 is 0. The highest BCUT2D eigenvalue weighted by Gasteiger charge is 2.42. The van der Waals surface area contributed by atoms with Crippen molar-refractivity contribution in [3.05, 3.63) is 118 Å². The molecule has 1 fully saturated rings. The Morgan fingerprint density at radius 2 is 1.57 bits per heavy atom. The van der Waals surface area contributed by atoms with Crippen molar-refractivity contribution in [2.75, 3.05) is 20.8 Å². The van der Waals surface area contributed by atoms with Gasteiger partial charge in [0.2, 0.25) is 0 Å². The molecule has 0 saturated carbocycles. The molecule has 2 aromatic heterocycles. The van der Waals surface area contributed by atoms with Crippen LogP contribution in [0.15, 0.2) is 90.0 Å². The zero-order valence-corrected chi connectivity index (χ0v) is 22.9. The Hall–Kier alpha value is -4.58. The van der Waals surface area contributed by atoms with Crippen molar-refractivity contribution in [1.29, 1.82) is 0 Å². The van der Waals surface area contributed by atoms with Crippen LogP contribution in [-0.4, -0.2) is 57.7 Å². The predicted molar refractivity (Wildman–Crippen MR) is 151 cm³/mol. The number of nitrogens with zero attached hydrogens (tertiary/aromatic N) is 3. The van der Waals surface area contributed by atoms with E-state index in [0.29, 0.717) is 11.5 Å². The summed E-state index contributed by atoms with van der Waals surface area (Å²) in [5.41, 5.74) is 0.763. The van der Waals surface area contributed by atoms with E-state index in [2.05, 4.69) is 9.97 Å². The maximum atomic E-state index is 13.9. The van der Waals surface area contributed by atoms with Crippen LogP contribution >= 0.6 is 0 Å². The number of fused-ring (bicyclic) bond motifs is 1. The number of aliphatic hydroxyl groups is 1. The summed E-state index contributed by atoms with van der Waals surface area (Å²) in [6, 6.07) is 25.0. The molecule has 1 saturated heterocycles. The molecule has 5 aromatic rings. The SMILES string of the molecule is COc1ccc(C(OC[C@H]2O[C@@H](n3cnc4c(=O)[nH]c(F)nc43)C[C@@H]2O)(c2ccccc2)c2ccc(OC)cc2)cc1. The van der Waals surface area contributed by atoms with Gasteiger partial charge in [0.05, 0.1) is 33.3 Å². The van der Waals surface area contributed by atoms with E-state index in [-0.39, 0.29) is 24.2 Å². The van der Waals surface area contributed by atoms with Crippen molar-refractivity contribution in [2.45, 2.75) is 30.5 Å². The Morgan fingerprint density at radius 3 is 2.17 bits per heavy atom. The van der Waals surface area contributed by atoms with Crippen LogP contribution in [-0.2, 0) is 15.1 Å². The number of benzene rings is 3. The minimum atomic E-state index is -1.10. The summed E-state index contributed by atoms with van der Waals surface area (Å²) in [4.78, 5) is 22.0. The number of hydrogen-bond donors (Lipinski definition) is 2. The molecule has 11 heteroatoms. The van der Waals surface area contributed by atoms with E-state index >= 15 is 0 Å². The summed E-state index contributed by atoms with van der Waals surface area (Å²) in [7, 11) is 3.22. The fourth-order valence-corrected chi connectivity index (χ4v) is 5.43. The molecule has 1 aliphatic rings. The van der Waals surface area contributed by atoms with Gasteiger partial charge in [-0.3, -0.25) is 14.3 Å². The fourth-order valence-electron chi connectivity index (χ4n) is 5.43. The van der Waals surface area contributed by atoms with Crippen LogP contribution < -0.4 is 15.0 Å². The molecule has 216 valence electrons. The molecule has 0 spiro atoms. The van der Waals surface area contributed by atoms with E-state index in [0.717, 1.165) is 16.7 Å². The van der Waals surface area contributed by atoms with Crippen molar-refractivity contribution in [3.8, 4) is 11.5 Å². The van der Waals surface area contributed by atoms with Crippen molar-refractivity contribution in [3.63, 3.8) is 0 Å². The van der Waals surface area contributed by atoms with E-state index in [1.54, 1.807) is 14.2 Å². The molecule has 2 N–H and O–H groups in total. The maximum Gasteiger partial charge on any atom is 0.291 e. The molecule has 0 radical (unpaired) electrons. The smallest absolute Gasteiger partial charge is 0.291 e. The van der Waals surface area contributed by atoms with Gasteiger partial charge in [-0.2, -0.15) is 9.37 Å². The second-order valence-electron chi connectivity index (χ2n) is 9.93. The summed E-state index contributed by atoms with van der Waals surface area (Å²) in [6.45, 7) is -0.000375. The Bertz CT molecular complexity index is 1680. The molecule has 3 atom stereocenters. The van der Waals surface area contributed by atoms with Crippen LogP contribution in [0.4, 0.5) is 4.39 Å². The Balaban J connectivity index is 1.37. The zero-order chi connectivity index (χ0) is 29.3. The maximum absolute atomic E-state index is 13.9. The second-order valence-corrected chi connectivity index (χ2v) is 9.93. The first kappa shape index (κ1) is 27.6. The summed E-state index contributed by atoms with van der Waals surface area (Å²) in [5, 5.41) is 11.1. The van der Waals surface area contributed by atoms with Crippen molar-refractivity contribution >= 4 is 11.2 Å². The van der Waals surface area contributed by atoms with Crippen molar-refractivity contribution in [2.24, 2.45) is 0 Å². The van der Waals surface area contributed by atoms with Gasteiger partial charge in [0, 0.05) is 6.42 Å². The van der Waals surface area contributed by atoms with Crippen LogP contribution in [0.1, 0.15) is 29.3 Å². The minimum Gasteiger partial charge on any atom is -0.497 e. The molecule has 0 amide bonds. The number of halogens is 1. The Labute approximate surface area is 240 Å². The third kappa shape index (κ3) is 4.91. The van der Waals surface area contributed by atoms with Crippen molar-refractivity contribution < 1.29 is 28.4 Å². The van der Waals surface area contributed by atoms with E-state index in [1.165, 1.54) is 10.9 Å². The third-order valence-electron chi connectivity index (χ3n) is 7.56. The van der Waals surface area contributed by atoms with Gasteiger partial charge in [-0.1, -0.05) is 54.6 Å². The number of aliphatic hydroxyl groups excluding tert-OH is 1. The number of methoxy groups -OCH3 is 2. The number of ether oxygens (including phenoxy) is 4. The first-order valence-corrected chi connectivity index (χ1v) is 13.4. The lowest BCUT2D eigenvalue weighted by molar-refractivity contribution is -0.0931. The molecule has 1 aliphatic heterocycles. The second kappa shape index (κ2) is 11.4. The largest absolute Gasteiger partial charge is 0.497 e. The topological polar surface area (TPSA) is 121 Å². The zero-order valence-electron chi connectivity index (χ0n) is 22.9.